The van der Waals surface area contributed by atoms with Crippen LogP contribution in [0, 0.1) is 5.92 Å². The molecule has 0 bridgehead atoms. The van der Waals surface area contributed by atoms with Crippen LogP contribution in [0.25, 0.3) is 0 Å². The maximum atomic E-state index is 5.35. The van der Waals surface area contributed by atoms with Crippen molar-refractivity contribution in [3.8, 4) is 0 Å². The molecular weight excluding hydrogens is 152 g/mol. The van der Waals surface area contributed by atoms with Crippen molar-refractivity contribution in [1.29, 1.82) is 0 Å². The summed E-state index contributed by atoms with van der Waals surface area (Å²) in [5.41, 5.74) is 5.35. The number of ether oxygens (including phenoxy) is 1. The van der Waals surface area contributed by atoms with Gasteiger partial charge in [-0.15, -0.1) is 0 Å². The molecule has 72 valence electrons. The van der Waals surface area contributed by atoms with Gasteiger partial charge in [-0.2, -0.15) is 0 Å². The van der Waals surface area contributed by atoms with E-state index in [1.807, 2.05) is 0 Å². The van der Waals surface area contributed by atoms with Gasteiger partial charge in [0, 0.05) is 6.61 Å². The summed E-state index contributed by atoms with van der Waals surface area (Å²) in [6.45, 7) is 8.35. The Morgan fingerprint density at radius 3 is 2.58 bits per heavy atom. The van der Waals surface area contributed by atoms with Gasteiger partial charge in [0.2, 0.25) is 0 Å². The number of nitrogens with two attached hydrogens (primary N) is 1. The first kappa shape index (κ1) is 11.4. The molecule has 0 radical (unpaired) electrons. The van der Waals surface area contributed by atoms with E-state index in [0.717, 1.165) is 13.0 Å². The molecule has 3 nitrogen and oxygen atoms in total. The lowest BCUT2D eigenvalue weighted by atomic mass is 10.1. The first-order valence-corrected chi connectivity index (χ1v) is 4.47. The quantitative estimate of drug-likeness (QED) is 0.374. The smallest absolute Gasteiger partial charge is 0.0906 e. The summed E-state index contributed by atoms with van der Waals surface area (Å²) in [7, 11) is 0. The molecule has 0 saturated carbocycles. The third-order valence-corrected chi connectivity index (χ3v) is 1.44. The summed E-state index contributed by atoms with van der Waals surface area (Å²) in [5.74, 6) is 1.34. The van der Waals surface area contributed by atoms with Crippen LogP contribution in [-0.2, 0) is 4.74 Å². The van der Waals surface area contributed by atoms with Gasteiger partial charge in [-0.3, -0.25) is 4.99 Å². The van der Waals surface area contributed by atoms with Gasteiger partial charge >= 0.3 is 0 Å². The van der Waals surface area contributed by atoms with Gasteiger partial charge in [-0.05, 0) is 19.3 Å². The topological polar surface area (TPSA) is 47.6 Å². The van der Waals surface area contributed by atoms with Crippen molar-refractivity contribution in [2.24, 2.45) is 16.6 Å². The van der Waals surface area contributed by atoms with Crippen molar-refractivity contribution in [1.82, 2.24) is 0 Å². The normalized spacial score (nSPS) is 12.5. The van der Waals surface area contributed by atoms with Crippen LogP contribution in [0.4, 0.5) is 0 Å². The molecule has 0 aromatic heterocycles. The highest BCUT2D eigenvalue weighted by Gasteiger charge is 1.92. The molecule has 0 rings (SSSR count). The molecule has 0 saturated heterocycles. The standard InChI is InChI=1S/C9H20N2O/c1-8(2)4-6-12-7-5-11-9(3)10/h8H,4-7H2,1-3H3,(H2,10,11). The zero-order valence-corrected chi connectivity index (χ0v) is 8.34. The Hall–Kier alpha value is -0.570. The molecule has 0 heterocycles. The van der Waals surface area contributed by atoms with E-state index in [9.17, 15) is 0 Å². The van der Waals surface area contributed by atoms with Crippen molar-refractivity contribution in [2.75, 3.05) is 19.8 Å². The molecule has 0 fully saturated rings. The lowest BCUT2D eigenvalue weighted by Gasteiger charge is -2.04. The Kier molecular flexibility index (Phi) is 6.76. The van der Waals surface area contributed by atoms with Crippen LogP contribution in [0.2, 0.25) is 0 Å². The summed E-state index contributed by atoms with van der Waals surface area (Å²) in [4.78, 5) is 4.01. The molecule has 0 unspecified atom stereocenters. The van der Waals surface area contributed by atoms with Crippen molar-refractivity contribution >= 4 is 5.84 Å². The lowest BCUT2D eigenvalue weighted by molar-refractivity contribution is 0.131. The van der Waals surface area contributed by atoms with E-state index in [0.29, 0.717) is 24.9 Å². The molecular formula is C9H20N2O. The second-order valence-corrected chi connectivity index (χ2v) is 3.32. The van der Waals surface area contributed by atoms with Crippen LogP contribution < -0.4 is 5.73 Å². The highest BCUT2D eigenvalue weighted by atomic mass is 16.5. The van der Waals surface area contributed by atoms with Crippen LogP contribution in [0.1, 0.15) is 27.2 Å². The van der Waals surface area contributed by atoms with Crippen LogP contribution in [0.3, 0.4) is 0 Å². The molecule has 0 aliphatic heterocycles. The van der Waals surface area contributed by atoms with Gasteiger partial charge in [0.25, 0.3) is 0 Å². The fraction of sp³-hybridized carbons (Fsp3) is 0.889. The molecule has 0 aliphatic rings. The van der Waals surface area contributed by atoms with Crippen molar-refractivity contribution in [3.05, 3.63) is 0 Å². The molecule has 0 aromatic carbocycles. The van der Waals surface area contributed by atoms with Crippen LogP contribution >= 0.6 is 0 Å². The highest BCUT2D eigenvalue weighted by molar-refractivity contribution is 5.77. The average molecular weight is 172 g/mol. The Bertz CT molecular complexity index is 128. The minimum Gasteiger partial charge on any atom is -0.388 e. The fourth-order valence-corrected chi connectivity index (χ4v) is 0.708. The first-order valence-electron chi connectivity index (χ1n) is 4.47. The number of hydrogen-bond donors (Lipinski definition) is 1. The number of hydrogen-bond acceptors (Lipinski definition) is 2. The van der Waals surface area contributed by atoms with E-state index in [1.165, 1.54) is 0 Å². The van der Waals surface area contributed by atoms with E-state index in [2.05, 4.69) is 18.8 Å². The van der Waals surface area contributed by atoms with Gasteiger partial charge in [0.15, 0.2) is 0 Å². The minimum atomic E-state index is 0.627. The van der Waals surface area contributed by atoms with E-state index in [1.54, 1.807) is 6.92 Å². The zero-order valence-electron chi connectivity index (χ0n) is 8.34. The SMILES string of the molecule is CC(N)=NCCOCCC(C)C. The number of amidine groups is 1. The Labute approximate surface area is 75.0 Å². The summed E-state index contributed by atoms with van der Waals surface area (Å²) >= 11 is 0. The zero-order chi connectivity index (χ0) is 9.40. The largest absolute Gasteiger partial charge is 0.388 e. The molecule has 0 aliphatic carbocycles. The van der Waals surface area contributed by atoms with Gasteiger partial charge in [-0.25, -0.2) is 0 Å². The molecule has 12 heavy (non-hydrogen) atoms. The third kappa shape index (κ3) is 9.43. The van der Waals surface area contributed by atoms with E-state index in [4.69, 9.17) is 10.5 Å². The monoisotopic (exact) mass is 172 g/mol. The number of rotatable bonds is 6. The van der Waals surface area contributed by atoms with Gasteiger partial charge < -0.3 is 10.5 Å². The summed E-state index contributed by atoms with van der Waals surface area (Å²) < 4.78 is 5.33. The Morgan fingerprint density at radius 1 is 1.42 bits per heavy atom. The molecule has 0 amide bonds. The maximum Gasteiger partial charge on any atom is 0.0906 e. The predicted octanol–water partition coefficient (Wildman–Crippen LogP) is 1.43. The van der Waals surface area contributed by atoms with Gasteiger partial charge in [0.1, 0.15) is 0 Å². The van der Waals surface area contributed by atoms with Crippen molar-refractivity contribution < 1.29 is 4.74 Å². The first-order chi connectivity index (χ1) is 5.63. The van der Waals surface area contributed by atoms with Crippen molar-refractivity contribution in [3.63, 3.8) is 0 Å². The van der Waals surface area contributed by atoms with Crippen molar-refractivity contribution in [2.45, 2.75) is 27.2 Å². The van der Waals surface area contributed by atoms with E-state index in [-0.39, 0.29) is 0 Å². The Morgan fingerprint density at radius 2 is 2.08 bits per heavy atom. The molecule has 2 N–H and O–H groups in total. The third-order valence-electron chi connectivity index (χ3n) is 1.44. The predicted molar refractivity (Wildman–Crippen MR) is 52.4 cm³/mol. The summed E-state index contributed by atoms with van der Waals surface area (Å²) in [5, 5.41) is 0. The molecule has 0 spiro atoms. The Balaban J connectivity index is 3.06. The molecule has 0 atom stereocenters. The van der Waals surface area contributed by atoms with E-state index >= 15 is 0 Å². The van der Waals surface area contributed by atoms with Gasteiger partial charge in [-0.1, -0.05) is 13.8 Å². The van der Waals surface area contributed by atoms with Crippen LogP contribution in [-0.4, -0.2) is 25.6 Å². The molecule has 0 aromatic rings. The number of aliphatic imine (C=N–C) groups is 1. The van der Waals surface area contributed by atoms with Crippen LogP contribution in [0.5, 0.6) is 0 Å². The fourth-order valence-electron chi connectivity index (χ4n) is 0.708. The summed E-state index contributed by atoms with van der Waals surface area (Å²) in [6.07, 6.45) is 1.12. The molecule has 3 heteroatoms. The van der Waals surface area contributed by atoms with Crippen LogP contribution in [0.15, 0.2) is 4.99 Å². The highest BCUT2D eigenvalue weighted by Crippen LogP contribution is 1.98. The van der Waals surface area contributed by atoms with Gasteiger partial charge in [0.05, 0.1) is 19.0 Å². The number of nitrogens with zero attached hydrogens (tertiary/aromatic N) is 1. The second kappa shape index (κ2) is 7.10. The average Bonchev–Trinajstić information content (AvgIpc) is 1.95. The minimum absolute atomic E-state index is 0.627. The van der Waals surface area contributed by atoms with E-state index < -0.39 is 0 Å². The summed E-state index contributed by atoms with van der Waals surface area (Å²) in [6, 6.07) is 0. The maximum absolute atomic E-state index is 5.35. The lowest BCUT2D eigenvalue weighted by Crippen LogP contribution is -2.09. The second-order valence-electron chi connectivity index (χ2n) is 3.32.